The molecule has 0 aliphatic rings. The van der Waals surface area contributed by atoms with Gasteiger partial charge in [-0.25, -0.2) is 0 Å². The van der Waals surface area contributed by atoms with E-state index in [1.54, 1.807) is 0 Å². The van der Waals surface area contributed by atoms with Crippen LogP contribution in [-0.2, 0) is 22.5 Å². The Hall–Kier alpha value is -1.35. The number of rotatable bonds is 8. The molecule has 1 N–H and O–H groups in total. The van der Waals surface area contributed by atoms with Crippen LogP contribution in [0.25, 0.3) is 0 Å². The van der Waals surface area contributed by atoms with Gasteiger partial charge in [-0.1, -0.05) is 38.1 Å². The Morgan fingerprint density at radius 3 is 2.42 bits per heavy atom. The van der Waals surface area contributed by atoms with Crippen molar-refractivity contribution in [3.05, 3.63) is 35.4 Å². The first-order chi connectivity index (χ1) is 9.11. The molecule has 0 aliphatic heterocycles. The fourth-order valence-electron chi connectivity index (χ4n) is 1.96. The van der Waals surface area contributed by atoms with Crippen molar-refractivity contribution in [3.63, 3.8) is 0 Å². The summed E-state index contributed by atoms with van der Waals surface area (Å²) in [6.45, 7) is 6.15. The summed E-state index contributed by atoms with van der Waals surface area (Å²) in [7, 11) is 1.43. The predicted octanol–water partition coefficient (Wildman–Crippen LogP) is 2.93. The van der Waals surface area contributed by atoms with Crippen LogP contribution in [0.2, 0.25) is 0 Å². The second kappa shape index (κ2) is 8.70. The zero-order chi connectivity index (χ0) is 14.1. The van der Waals surface area contributed by atoms with E-state index in [0.29, 0.717) is 12.3 Å². The fourth-order valence-corrected chi connectivity index (χ4v) is 1.96. The minimum absolute atomic E-state index is 0.139. The van der Waals surface area contributed by atoms with Gasteiger partial charge in [0.25, 0.3) is 0 Å². The second-order valence-corrected chi connectivity index (χ2v) is 5.27. The van der Waals surface area contributed by atoms with Gasteiger partial charge in [0.1, 0.15) is 0 Å². The molecule has 106 valence electrons. The first-order valence-electron chi connectivity index (χ1n) is 6.97. The van der Waals surface area contributed by atoms with Crippen molar-refractivity contribution in [1.29, 1.82) is 0 Å². The van der Waals surface area contributed by atoms with Gasteiger partial charge in [0.15, 0.2) is 0 Å². The molecule has 0 amide bonds. The standard InChI is InChI=1S/C16H25NO2/c1-13(2)11-14-6-8-15(9-7-14)12-17-10-4-5-16(18)19-3/h6-9,13,17H,4-5,10-12H2,1-3H3. The lowest BCUT2D eigenvalue weighted by molar-refractivity contribution is -0.140. The maximum Gasteiger partial charge on any atom is 0.305 e. The highest BCUT2D eigenvalue weighted by Crippen LogP contribution is 2.09. The van der Waals surface area contributed by atoms with Crippen molar-refractivity contribution in [2.45, 2.75) is 39.7 Å². The molecule has 3 nitrogen and oxygen atoms in total. The zero-order valence-corrected chi connectivity index (χ0v) is 12.2. The van der Waals surface area contributed by atoms with Crippen LogP contribution in [-0.4, -0.2) is 19.6 Å². The molecule has 0 aromatic heterocycles. The largest absolute Gasteiger partial charge is 0.469 e. The van der Waals surface area contributed by atoms with Crippen molar-refractivity contribution in [3.8, 4) is 0 Å². The molecule has 0 spiro atoms. The Kier molecular flexibility index (Phi) is 7.19. The molecule has 0 heterocycles. The highest BCUT2D eigenvalue weighted by Gasteiger charge is 2.00. The average molecular weight is 263 g/mol. The number of hydrogen-bond donors (Lipinski definition) is 1. The Labute approximate surface area is 116 Å². The number of esters is 1. The van der Waals surface area contributed by atoms with E-state index in [4.69, 9.17) is 0 Å². The summed E-state index contributed by atoms with van der Waals surface area (Å²) < 4.78 is 4.59. The third-order valence-corrected chi connectivity index (χ3v) is 2.96. The van der Waals surface area contributed by atoms with E-state index < -0.39 is 0 Å². The third-order valence-electron chi connectivity index (χ3n) is 2.96. The van der Waals surface area contributed by atoms with E-state index in [2.05, 4.69) is 48.2 Å². The van der Waals surface area contributed by atoms with Crippen LogP contribution in [0.5, 0.6) is 0 Å². The molecular weight excluding hydrogens is 238 g/mol. The monoisotopic (exact) mass is 263 g/mol. The number of carbonyl (C=O) groups is 1. The molecule has 3 heteroatoms. The Morgan fingerprint density at radius 2 is 1.84 bits per heavy atom. The molecule has 0 saturated heterocycles. The Morgan fingerprint density at radius 1 is 1.21 bits per heavy atom. The van der Waals surface area contributed by atoms with Gasteiger partial charge < -0.3 is 10.1 Å². The van der Waals surface area contributed by atoms with Gasteiger partial charge >= 0.3 is 5.97 Å². The number of benzene rings is 1. The Balaban J connectivity index is 2.21. The normalized spacial score (nSPS) is 10.7. The molecular formula is C16H25NO2. The van der Waals surface area contributed by atoms with Crippen molar-refractivity contribution in [2.24, 2.45) is 5.92 Å². The number of ether oxygens (including phenoxy) is 1. The summed E-state index contributed by atoms with van der Waals surface area (Å²) in [6.07, 6.45) is 2.43. The molecule has 1 rings (SSSR count). The van der Waals surface area contributed by atoms with Gasteiger partial charge in [0.05, 0.1) is 7.11 Å². The first-order valence-corrected chi connectivity index (χ1v) is 6.97. The quantitative estimate of drug-likeness (QED) is 0.579. The van der Waals surface area contributed by atoms with Gasteiger partial charge in [-0.05, 0) is 36.4 Å². The average Bonchev–Trinajstić information content (AvgIpc) is 2.39. The number of hydrogen-bond acceptors (Lipinski definition) is 3. The lowest BCUT2D eigenvalue weighted by Crippen LogP contribution is -2.16. The summed E-state index contributed by atoms with van der Waals surface area (Å²) >= 11 is 0. The minimum atomic E-state index is -0.139. The highest BCUT2D eigenvalue weighted by molar-refractivity contribution is 5.69. The SMILES string of the molecule is COC(=O)CCCNCc1ccc(CC(C)C)cc1. The second-order valence-electron chi connectivity index (χ2n) is 5.27. The summed E-state index contributed by atoms with van der Waals surface area (Å²) in [5.74, 6) is 0.558. The van der Waals surface area contributed by atoms with E-state index in [1.165, 1.54) is 18.2 Å². The molecule has 0 aliphatic carbocycles. The summed E-state index contributed by atoms with van der Waals surface area (Å²) in [5.41, 5.74) is 2.68. The molecule has 19 heavy (non-hydrogen) atoms. The summed E-state index contributed by atoms with van der Waals surface area (Å²) in [6, 6.07) is 8.74. The lowest BCUT2D eigenvalue weighted by Gasteiger charge is -2.07. The van der Waals surface area contributed by atoms with Crippen molar-refractivity contribution >= 4 is 5.97 Å². The van der Waals surface area contributed by atoms with E-state index in [1.807, 2.05) is 0 Å². The zero-order valence-electron chi connectivity index (χ0n) is 12.2. The predicted molar refractivity (Wildman–Crippen MR) is 77.9 cm³/mol. The maximum absolute atomic E-state index is 10.9. The van der Waals surface area contributed by atoms with Gasteiger partial charge in [-0.3, -0.25) is 4.79 Å². The summed E-state index contributed by atoms with van der Waals surface area (Å²) in [4.78, 5) is 10.9. The van der Waals surface area contributed by atoms with E-state index >= 15 is 0 Å². The number of carbonyl (C=O) groups excluding carboxylic acids is 1. The molecule has 0 saturated carbocycles. The van der Waals surface area contributed by atoms with Crippen molar-refractivity contribution in [1.82, 2.24) is 5.32 Å². The van der Waals surface area contributed by atoms with Crippen LogP contribution in [0.3, 0.4) is 0 Å². The van der Waals surface area contributed by atoms with Crippen LogP contribution < -0.4 is 5.32 Å². The molecule has 0 unspecified atom stereocenters. The molecule has 1 aromatic rings. The molecule has 1 aromatic carbocycles. The smallest absolute Gasteiger partial charge is 0.305 e. The number of nitrogens with one attached hydrogen (secondary N) is 1. The van der Waals surface area contributed by atoms with Crippen molar-refractivity contribution in [2.75, 3.05) is 13.7 Å². The van der Waals surface area contributed by atoms with Crippen molar-refractivity contribution < 1.29 is 9.53 Å². The summed E-state index contributed by atoms with van der Waals surface area (Å²) in [5, 5.41) is 3.33. The molecule has 0 atom stereocenters. The topological polar surface area (TPSA) is 38.3 Å². The first kappa shape index (κ1) is 15.7. The fraction of sp³-hybridized carbons (Fsp3) is 0.562. The van der Waals surface area contributed by atoms with Crippen LogP contribution in [0.4, 0.5) is 0 Å². The van der Waals surface area contributed by atoms with Crippen LogP contribution in [0.15, 0.2) is 24.3 Å². The number of methoxy groups -OCH3 is 1. The van der Waals surface area contributed by atoms with Crippen LogP contribution in [0, 0.1) is 5.92 Å². The van der Waals surface area contributed by atoms with Gasteiger partial charge in [0.2, 0.25) is 0 Å². The Bertz CT molecular complexity index is 371. The van der Waals surface area contributed by atoms with E-state index in [-0.39, 0.29) is 5.97 Å². The van der Waals surface area contributed by atoms with Gasteiger partial charge in [-0.15, -0.1) is 0 Å². The van der Waals surface area contributed by atoms with E-state index in [9.17, 15) is 4.79 Å². The lowest BCUT2D eigenvalue weighted by atomic mass is 10.0. The highest BCUT2D eigenvalue weighted by atomic mass is 16.5. The molecule has 0 fully saturated rings. The van der Waals surface area contributed by atoms with Gasteiger partial charge in [-0.2, -0.15) is 0 Å². The van der Waals surface area contributed by atoms with Gasteiger partial charge in [0, 0.05) is 13.0 Å². The third kappa shape index (κ3) is 6.97. The molecule has 0 bridgehead atoms. The van der Waals surface area contributed by atoms with Crippen LogP contribution >= 0.6 is 0 Å². The maximum atomic E-state index is 10.9. The minimum Gasteiger partial charge on any atom is -0.469 e. The molecule has 0 radical (unpaired) electrons. The van der Waals surface area contributed by atoms with E-state index in [0.717, 1.165) is 25.9 Å². The van der Waals surface area contributed by atoms with Crippen LogP contribution in [0.1, 0.15) is 37.8 Å².